The molecule has 27 heavy (non-hydrogen) atoms. The minimum absolute atomic E-state index is 0.105. The number of methoxy groups -OCH3 is 1. The number of carbonyl (C=O) groups is 1. The molecule has 1 aliphatic rings. The van der Waals surface area contributed by atoms with E-state index in [9.17, 15) is 4.79 Å². The number of amides is 1. The van der Waals surface area contributed by atoms with Gasteiger partial charge in [0.15, 0.2) is 5.82 Å². The molecule has 3 aromatic heterocycles. The third-order valence-corrected chi connectivity index (χ3v) is 4.63. The summed E-state index contributed by atoms with van der Waals surface area (Å²) in [6.07, 6.45) is 9.55. The third kappa shape index (κ3) is 3.62. The molecular formula is C20H19N5O2. The van der Waals surface area contributed by atoms with E-state index in [1.165, 1.54) is 7.11 Å². The van der Waals surface area contributed by atoms with Crippen molar-refractivity contribution in [1.29, 1.82) is 0 Å². The van der Waals surface area contributed by atoms with E-state index < -0.39 is 0 Å². The molecule has 0 aromatic carbocycles. The van der Waals surface area contributed by atoms with E-state index in [0.29, 0.717) is 17.3 Å². The van der Waals surface area contributed by atoms with E-state index in [1.807, 2.05) is 18.3 Å². The van der Waals surface area contributed by atoms with Crippen LogP contribution in [0, 0.1) is 0 Å². The summed E-state index contributed by atoms with van der Waals surface area (Å²) in [7, 11) is 1.53. The highest BCUT2D eigenvalue weighted by molar-refractivity contribution is 5.94. The molecule has 136 valence electrons. The second-order valence-electron chi connectivity index (χ2n) is 6.34. The fourth-order valence-electron chi connectivity index (χ4n) is 3.24. The van der Waals surface area contributed by atoms with Crippen LogP contribution in [0.1, 0.15) is 40.5 Å². The van der Waals surface area contributed by atoms with Crippen molar-refractivity contribution >= 4 is 5.91 Å². The summed E-state index contributed by atoms with van der Waals surface area (Å²) >= 11 is 0. The van der Waals surface area contributed by atoms with Gasteiger partial charge in [-0.3, -0.25) is 9.78 Å². The predicted molar refractivity (Wildman–Crippen MR) is 99.2 cm³/mol. The molecule has 0 aliphatic heterocycles. The molecule has 4 rings (SSSR count). The lowest BCUT2D eigenvalue weighted by Crippen LogP contribution is -2.31. The van der Waals surface area contributed by atoms with Crippen molar-refractivity contribution in [3.05, 3.63) is 65.9 Å². The Bertz CT molecular complexity index is 962. The van der Waals surface area contributed by atoms with Crippen molar-refractivity contribution in [2.75, 3.05) is 7.11 Å². The molecule has 7 nitrogen and oxygen atoms in total. The number of pyridine rings is 2. The van der Waals surface area contributed by atoms with Gasteiger partial charge in [-0.2, -0.15) is 0 Å². The Hall–Kier alpha value is -3.35. The van der Waals surface area contributed by atoms with Crippen LogP contribution in [0.15, 0.2) is 49.1 Å². The average molecular weight is 361 g/mol. The molecule has 0 saturated carbocycles. The minimum Gasteiger partial charge on any atom is -0.481 e. The van der Waals surface area contributed by atoms with E-state index in [0.717, 1.165) is 36.1 Å². The van der Waals surface area contributed by atoms with Gasteiger partial charge in [0.25, 0.3) is 5.91 Å². The summed E-state index contributed by atoms with van der Waals surface area (Å²) in [5.41, 5.74) is 3.42. The predicted octanol–water partition coefficient (Wildman–Crippen LogP) is 2.75. The van der Waals surface area contributed by atoms with E-state index in [-0.39, 0.29) is 11.9 Å². The van der Waals surface area contributed by atoms with Crippen LogP contribution in [0.3, 0.4) is 0 Å². The highest BCUT2D eigenvalue weighted by Gasteiger charge is 2.24. The van der Waals surface area contributed by atoms with Gasteiger partial charge >= 0.3 is 0 Å². The molecule has 0 saturated heterocycles. The zero-order chi connectivity index (χ0) is 18.6. The number of aryl methyl sites for hydroxylation is 1. The average Bonchev–Trinajstić information content (AvgIpc) is 2.74. The number of hydrogen-bond acceptors (Lipinski definition) is 6. The summed E-state index contributed by atoms with van der Waals surface area (Å²) in [6, 6.07) is 6.97. The normalized spacial score (nSPS) is 15.7. The zero-order valence-corrected chi connectivity index (χ0v) is 14.9. The Morgan fingerprint density at radius 2 is 2.04 bits per heavy atom. The summed E-state index contributed by atoms with van der Waals surface area (Å²) in [6.45, 7) is 0. The number of aromatic nitrogens is 4. The molecule has 1 atom stereocenters. The Morgan fingerprint density at radius 1 is 1.19 bits per heavy atom. The summed E-state index contributed by atoms with van der Waals surface area (Å²) < 4.78 is 5.09. The number of nitrogens with one attached hydrogen (secondary N) is 1. The zero-order valence-electron chi connectivity index (χ0n) is 14.9. The van der Waals surface area contributed by atoms with Gasteiger partial charge in [0.1, 0.15) is 0 Å². The van der Waals surface area contributed by atoms with E-state index in [4.69, 9.17) is 9.72 Å². The first kappa shape index (κ1) is 17.1. The quantitative estimate of drug-likeness (QED) is 0.768. The van der Waals surface area contributed by atoms with Crippen LogP contribution < -0.4 is 10.1 Å². The van der Waals surface area contributed by atoms with Crippen LogP contribution in [0.4, 0.5) is 0 Å². The Labute approximate surface area is 156 Å². The molecule has 0 bridgehead atoms. The fourth-order valence-corrected chi connectivity index (χ4v) is 3.24. The minimum atomic E-state index is -0.160. The molecule has 0 radical (unpaired) electrons. The standard InChI is InChI=1S/C20H19N5O2/c1-27-18-11-14(7-10-22-18)20(26)25-17-4-2-3-16-15(17)12-23-19(24-16)13-5-8-21-9-6-13/h5-12,17H,2-4H2,1H3,(H,25,26). The Morgan fingerprint density at radius 3 is 2.85 bits per heavy atom. The molecule has 3 heterocycles. The Kier molecular flexibility index (Phi) is 4.74. The molecule has 1 unspecified atom stereocenters. The van der Waals surface area contributed by atoms with Gasteiger partial charge in [-0.05, 0) is 37.5 Å². The van der Waals surface area contributed by atoms with Crippen LogP contribution in [-0.4, -0.2) is 33.0 Å². The highest BCUT2D eigenvalue weighted by Crippen LogP contribution is 2.29. The van der Waals surface area contributed by atoms with Crippen molar-refractivity contribution in [3.63, 3.8) is 0 Å². The lowest BCUT2D eigenvalue weighted by molar-refractivity contribution is 0.0932. The molecule has 1 N–H and O–H groups in total. The molecule has 7 heteroatoms. The maximum atomic E-state index is 12.6. The van der Waals surface area contributed by atoms with Crippen molar-refractivity contribution in [1.82, 2.24) is 25.3 Å². The monoisotopic (exact) mass is 361 g/mol. The smallest absolute Gasteiger partial charge is 0.252 e. The number of hydrogen-bond donors (Lipinski definition) is 1. The molecular weight excluding hydrogens is 342 g/mol. The number of rotatable bonds is 4. The maximum absolute atomic E-state index is 12.6. The van der Waals surface area contributed by atoms with Crippen molar-refractivity contribution in [2.24, 2.45) is 0 Å². The van der Waals surface area contributed by atoms with Crippen molar-refractivity contribution in [2.45, 2.75) is 25.3 Å². The van der Waals surface area contributed by atoms with Gasteiger partial charge in [-0.1, -0.05) is 0 Å². The van der Waals surface area contributed by atoms with Crippen LogP contribution in [0.2, 0.25) is 0 Å². The SMILES string of the molecule is COc1cc(C(=O)NC2CCCc3nc(-c4ccncc4)ncc32)ccn1. The first-order valence-electron chi connectivity index (χ1n) is 8.81. The number of carbonyl (C=O) groups excluding carboxylic acids is 1. The van der Waals surface area contributed by atoms with Gasteiger partial charge in [-0.15, -0.1) is 0 Å². The molecule has 1 aliphatic carbocycles. The van der Waals surface area contributed by atoms with Crippen molar-refractivity contribution in [3.8, 4) is 17.3 Å². The number of nitrogens with zero attached hydrogens (tertiary/aromatic N) is 4. The van der Waals surface area contributed by atoms with Crippen LogP contribution in [0.5, 0.6) is 5.88 Å². The van der Waals surface area contributed by atoms with Gasteiger partial charge in [0.2, 0.25) is 5.88 Å². The summed E-state index contributed by atoms with van der Waals surface area (Å²) in [5, 5.41) is 3.09. The van der Waals surface area contributed by atoms with Crippen LogP contribution in [0.25, 0.3) is 11.4 Å². The maximum Gasteiger partial charge on any atom is 0.252 e. The molecule has 0 fully saturated rings. The first-order valence-corrected chi connectivity index (χ1v) is 8.81. The fraction of sp³-hybridized carbons (Fsp3) is 0.250. The van der Waals surface area contributed by atoms with E-state index in [2.05, 4.69) is 20.3 Å². The van der Waals surface area contributed by atoms with E-state index in [1.54, 1.807) is 30.7 Å². The Balaban J connectivity index is 1.57. The lowest BCUT2D eigenvalue weighted by atomic mass is 9.92. The highest BCUT2D eigenvalue weighted by atomic mass is 16.5. The second kappa shape index (κ2) is 7.49. The van der Waals surface area contributed by atoms with Gasteiger partial charge in [0.05, 0.1) is 13.2 Å². The molecule has 1 amide bonds. The largest absolute Gasteiger partial charge is 0.481 e. The second-order valence-corrected chi connectivity index (χ2v) is 6.34. The first-order chi connectivity index (χ1) is 13.2. The molecule has 0 spiro atoms. The molecule has 3 aromatic rings. The summed E-state index contributed by atoms with van der Waals surface area (Å²) in [4.78, 5) is 29.9. The number of ether oxygens (including phenoxy) is 1. The van der Waals surface area contributed by atoms with E-state index >= 15 is 0 Å². The van der Waals surface area contributed by atoms with Crippen LogP contribution in [-0.2, 0) is 6.42 Å². The number of fused-ring (bicyclic) bond motifs is 1. The van der Waals surface area contributed by atoms with Gasteiger partial charge in [0, 0.05) is 53.2 Å². The lowest BCUT2D eigenvalue weighted by Gasteiger charge is -2.25. The summed E-state index contributed by atoms with van der Waals surface area (Å²) in [5.74, 6) is 0.936. The third-order valence-electron chi connectivity index (χ3n) is 4.63. The van der Waals surface area contributed by atoms with Crippen molar-refractivity contribution < 1.29 is 9.53 Å². The van der Waals surface area contributed by atoms with Gasteiger partial charge in [-0.25, -0.2) is 15.0 Å². The topological polar surface area (TPSA) is 89.9 Å². The van der Waals surface area contributed by atoms with Gasteiger partial charge < -0.3 is 10.1 Å². The van der Waals surface area contributed by atoms with Crippen LogP contribution >= 0.6 is 0 Å².